The molecule has 3 nitrogen and oxygen atoms in total. The zero-order chi connectivity index (χ0) is 14.9. The molecule has 0 saturated carbocycles. The number of nitrogens with zero attached hydrogens (tertiary/aromatic N) is 2. The summed E-state index contributed by atoms with van der Waals surface area (Å²) < 4.78 is 15.6. The summed E-state index contributed by atoms with van der Waals surface area (Å²) in [5, 5.41) is 8.34. The van der Waals surface area contributed by atoms with Gasteiger partial charge in [-0.1, -0.05) is 18.5 Å². The Labute approximate surface area is 131 Å². The number of benzene rings is 1. The summed E-state index contributed by atoms with van der Waals surface area (Å²) in [5.41, 5.74) is 3.53. The van der Waals surface area contributed by atoms with Crippen molar-refractivity contribution in [3.8, 4) is 0 Å². The largest absolute Gasteiger partial charge is 0.379 e. The van der Waals surface area contributed by atoms with Gasteiger partial charge in [0.1, 0.15) is 5.82 Å². The Balaban J connectivity index is 2.21. The minimum absolute atomic E-state index is 0.264. The molecule has 0 spiro atoms. The number of aryl methyl sites for hydroxylation is 3. The van der Waals surface area contributed by atoms with E-state index in [4.69, 9.17) is 11.6 Å². The maximum absolute atomic E-state index is 13.4. The standard InChI is InChI=1S/C14H16BrClFN3/c1-4-11-14(16)13(20(3)19-11)7-18-12-6-9(15)10(17)5-8(12)2/h5-6,18H,4,7H2,1-3H3. The van der Waals surface area contributed by atoms with Crippen molar-refractivity contribution < 1.29 is 4.39 Å². The van der Waals surface area contributed by atoms with Gasteiger partial charge in [0.25, 0.3) is 0 Å². The van der Waals surface area contributed by atoms with E-state index in [-0.39, 0.29) is 5.82 Å². The predicted molar refractivity (Wildman–Crippen MR) is 83.8 cm³/mol. The van der Waals surface area contributed by atoms with Crippen LogP contribution in [0.15, 0.2) is 16.6 Å². The van der Waals surface area contributed by atoms with E-state index >= 15 is 0 Å². The molecular weight excluding hydrogens is 345 g/mol. The third-order valence-corrected chi connectivity index (χ3v) is 4.26. The van der Waals surface area contributed by atoms with Crippen molar-refractivity contribution in [2.75, 3.05) is 5.32 Å². The van der Waals surface area contributed by atoms with E-state index < -0.39 is 0 Å². The number of hydrogen-bond donors (Lipinski definition) is 1. The first-order valence-electron chi connectivity index (χ1n) is 6.33. The Hall–Kier alpha value is -1.07. The molecule has 2 rings (SSSR count). The maximum atomic E-state index is 13.4. The third kappa shape index (κ3) is 2.99. The topological polar surface area (TPSA) is 29.9 Å². The highest BCUT2D eigenvalue weighted by molar-refractivity contribution is 9.10. The number of aromatic nitrogens is 2. The molecule has 1 N–H and O–H groups in total. The van der Waals surface area contributed by atoms with Gasteiger partial charge in [-0.05, 0) is 47.0 Å². The highest BCUT2D eigenvalue weighted by Crippen LogP contribution is 2.26. The minimum Gasteiger partial charge on any atom is -0.379 e. The molecule has 1 aromatic carbocycles. The molecule has 1 heterocycles. The lowest BCUT2D eigenvalue weighted by atomic mass is 10.2. The van der Waals surface area contributed by atoms with Crippen molar-refractivity contribution in [2.24, 2.45) is 7.05 Å². The van der Waals surface area contributed by atoms with E-state index in [1.165, 1.54) is 6.07 Å². The van der Waals surface area contributed by atoms with Gasteiger partial charge in [0.2, 0.25) is 0 Å². The number of nitrogens with one attached hydrogen (secondary N) is 1. The highest BCUT2D eigenvalue weighted by Gasteiger charge is 2.13. The molecule has 0 atom stereocenters. The number of halogens is 3. The lowest BCUT2D eigenvalue weighted by Crippen LogP contribution is -2.07. The van der Waals surface area contributed by atoms with Gasteiger partial charge in [-0.2, -0.15) is 5.10 Å². The molecule has 0 fully saturated rings. The van der Waals surface area contributed by atoms with Crippen molar-refractivity contribution in [1.82, 2.24) is 9.78 Å². The summed E-state index contributed by atoms with van der Waals surface area (Å²) >= 11 is 9.49. The molecule has 0 bridgehead atoms. The summed E-state index contributed by atoms with van der Waals surface area (Å²) in [4.78, 5) is 0. The second kappa shape index (κ2) is 6.14. The van der Waals surface area contributed by atoms with Crippen LogP contribution in [0.5, 0.6) is 0 Å². The summed E-state index contributed by atoms with van der Waals surface area (Å²) in [6, 6.07) is 3.23. The van der Waals surface area contributed by atoms with Crippen LogP contribution in [0.1, 0.15) is 23.9 Å². The van der Waals surface area contributed by atoms with E-state index in [2.05, 4.69) is 26.3 Å². The predicted octanol–water partition coefficient (Wildman–Crippen LogP) is 4.46. The van der Waals surface area contributed by atoms with E-state index in [0.717, 1.165) is 29.1 Å². The molecule has 0 aliphatic heterocycles. The normalized spacial score (nSPS) is 10.9. The SMILES string of the molecule is CCc1nn(C)c(CNc2cc(Br)c(F)cc2C)c1Cl. The summed E-state index contributed by atoms with van der Waals surface area (Å²) in [7, 11) is 1.87. The summed E-state index contributed by atoms with van der Waals surface area (Å²) in [6.07, 6.45) is 0.799. The van der Waals surface area contributed by atoms with Crippen LogP contribution in [-0.2, 0) is 20.0 Å². The Morgan fingerprint density at radius 3 is 2.75 bits per heavy atom. The first kappa shape index (κ1) is 15.3. The molecular formula is C14H16BrClFN3. The zero-order valence-corrected chi connectivity index (χ0v) is 13.9. The number of rotatable bonds is 4. The van der Waals surface area contributed by atoms with Crippen LogP contribution in [0, 0.1) is 12.7 Å². The number of anilines is 1. The molecule has 0 unspecified atom stereocenters. The average Bonchev–Trinajstić information content (AvgIpc) is 2.67. The molecule has 0 aliphatic carbocycles. The van der Waals surface area contributed by atoms with Gasteiger partial charge in [0.05, 0.1) is 27.4 Å². The molecule has 1 aromatic heterocycles. The monoisotopic (exact) mass is 359 g/mol. The van der Waals surface area contributed by atoms with Crippen LogP contribution < -0.4 is 5.32 Å². The van der Waals surface area contributed by atoms with Gasteiger partial charge in [-0.15, -0.1) is 0 Å². The summed E-state index contributed by atoms with van der Waals surface area (Å²) in [5.74, 6) is -0.264. The quantitative estimate of drug-likeness (QED) is 0.872. The fourth-order valence-electron chi connectivity index (χ4n) is 2.03. The van der Waals surface area contributed by atoms with Crippen molar-refractivity contribution in [1.29, 1.82) is 0 Å². The van der Waals surface area contributed by atoms with Gasteiger partial charge >= 0.3 is 0 Å². The second-order valence-electron chi connectivity index (χ2n) is 4.62. The van der Waals surface area contributed by atoms with Crippen molar-refractivity contribution >= 4 is 33.2 Å². The third-order valence-electron chi connectivity index (χ3n) is 3.22. The fraction of sp³-hybridized carbons (Fsp3) is 0.357. The van der Waals surface area contributed by atoms with Gasteiger partial charge in [-0.3, -0.25) is 4.68 Å². The van der Waals surface area contributed by atoms with E-state index in [1.807, 2.05) is 20.9 Å². The smallest absolute Gasteiger partial charge is 0.137 e. The molecule has 0 amide bonds. The number of hydrogen-bond acceptors (Lipinski definition) is 2. The van der Waals surface area contributed by atoms with Gasteiger partial charge in [0, 0.05) is 12.7 Å². The van der Waals surface area contributed by atoms with E-state index in [1.54, 1.807) is 10.7 Å². The minimum atomic E-state index is -0.264. The van der Waals surface area contributed by atoms with Crippen molar-refractivity contribution in [2.45, 2.75) is 26.8 Å². The van der Waals surface area contributed by atoms with Crippen LogP contribution >= 0.6 is 27.5 Å². The van der Waals surface area contributed by atoms with Crippen LogP contribution in [-0.4, -0.2) is 9.78 Å². The first-order valence-corrected chi connectivity index (χ1v) is 7.50. The van der Waals surface area contributed by atoms with Crippen LogP contribution in [0.4, 0.5) is 10.1 Å². The average molecular weight is 361 g/mol. The van der Waals surface area contributed by atoms with Gasteiger partial charge < -0.3 is 5.32 Å². The Kier molecular flexibility index (Phi) is 4.70. The molecule has 2 aromatic rings. The molecule has 0 aliphatic rings. The first-order chi connectivity index (χ1) is 9.43. The molecule has 0 saturated heterocycles. The highest BCUT2D eigenvalue weighted by atomic mass is 79.9. The van der Waals surface area contributed by atoms with Gasteiger partial charge in [-0.25, -0.2) is 4.39 Å². The van der Waals surface area contributed by atoms with Gasteiger partial charge in [0.15, 0.2) is 0 Å². The second-order valence-corrected chi connectivity index (χ2v) is 5.85. The van der Waals surface area contributed by atoms with Crippen molar-refractivity contribution in [3.05, 3.63) is 44.4 Å². The van der Waals surface area contributed by atoms with E-state index in [9.17, 15) is 4.39 Å². The van der Waals surface area contributed by atoms with Crippen LogP contribution in [0.3, 0.4) is 0 Å². The molecule has 0 radical (unpaired) electrons. The van der Waals surface area contributed by atoms with E-state index in [0.29, 0.717) is 16.0 Å². The fourth-order valence-corrected chi connectivity index (χ4v) is 2.73. The van der Waals surface area contributed by atoms with Crippen LogP contribution in [0.2, 0.25) is 5.02 Å². The lowest BCUT2D eigenvalue weighted by Gasteiger charge is -2.11. The summed E-state index contributed by atoms with van der Waals surface area (Å²) in [6.45, 7) is 4.42. The van der Waals surface area contributed by atoms with Crippen molar-refractivity contribution in [3.63, 3.8) is 0 Å². The Morgan fingerprint density at radius 1 is 1.45 bits per heavy atom. The molecule has 6 heteroatoms. The molecule has 20 heavy (non-hydrogen) atoms. The molecule has 108 valence electrons. The zero-order valence-electron chi connectivity index (χ0n) is 11.6. The Morgan fingerprint density at radius 2 is 2.15 bits per heavy atom. The lowest BCUT2D eigenvalue weighted by molar-refractivity contribution is 0.620. The maximum Gasteiger partial charge on any atom is 0.137 e. The Bertz CT molecular complexity index is 640. The van der Waals surface area contributed by atoms with Crippen LogP contribution in [0.25, 0.3) is 0 Å².